The van der Waals surface area contributed by atoms with Crippen LogP contribution in [0.15, 0.2) is 23.3 Å². The Bertz CT molecular complexity index is 475. The van der Waals surface area contributed by atoms with E-state index in [2.05, 4.69) is 39.9 Å². The first-order chi connectivity index (χ1) is 10.2. The van der Waals surface area contributed by atoms with Crippen molar-refractivity contribution in [2.75, 3.05) is 13.3 Å². The van der Waals surface area contributed by atoms with Gasteiger partial charge in [-0.15, -0.1) is 0 Å². The fraction of sp³-hybridized carbons (Fsp3) is 0.625. The van der Waals surface area contributed by atoms with Crippen molar-refractivity contribution in [1.29, 1.82) is 0 Å². The molecule has 1 aliphatic carbocycles. The first-order valence-electron chi connectivity index (χ1n) is 7.63. The SMILES string of the molecule is CN=C(NCc1ncccc1C)NC1CCCC(SC)C1. The molecular weight excluding hydrogens is 280 g/mol. The number of nitrogens with one attached hydrogen (secondary N) is 2. The van der Waals surface area contributed by atoms with E-state index >= 15 is 0 Å². The van der Waals surface area contributed by atoms with Crippen molar-refractivity contribution in [3.05, 3.63) is 29.6 Å². The van der Waals surface area contributed by atoms with Gasteiger partial charge in [0.1, 0.15) is 0 Å². The van der Waals surface area contributed by atoms with Crippen LogP contribution in [0.4, 0.5) is 0 Å². The number of hydrogen-bond acceptors (Lipinski definition) is 3. The first-order valence-corrected chi connectivity index (χ1v) is 8.92. The second kappa shape index (κ2) is 8.27. The van der Waals surface area contributed by atoms with Crippen molar-refractivity contribution in [2.24, 2.45) is 4.99 Å². The van der Waals surface area contributed by atoms with E-state index in [0.717, 1.165) is 16.9 Å². The Labute approximate surface area is 132 Å². The normalized spacial score (nSPS) is 22.9. The lowest BCUT2D eigenvalue weighted by Crippen LogP contribution is -2.45. The number of rotatable bonds is 4. The molecule has 1 aromatic rings. The van der Waals surface area contributed by atoms with Gasteiger partial charge in [-0.1, -0.05) is 12.5 Å². The van der Waals surface area contributed by atoms with Crippen molar-refractivity contribution in [3.63, 3.8) is 0 Å². The van der Waals surface area contributed by atoms with E-state index in [4.69, 9.17) is 0 Å². The summed E-state index contributed by atoms with van der Waals surface area (Å²) >= 11 is 1.99. The van der Waals surface area contributed by atoms with Crippen LogP contribution in [0.1, 0.15) is 36.9 Å². The van der Waals surface area contributed by atoms with Gasteiger partial charge in [0.25, 0.3) is 0 Å². The maximum absolute atomic E-state index is 4.41. The predicted octanol–water partition coefficient (Wildman–Crippen LogP) is 2.73. The maximum Gasteiger partial charge on any atom is 0.191 e. The highest BCUT2D eigenvalue weighted by atomic mass is 32.2. The van der Waals surface area contributed by atoms with E-state index < -0.39 is 0 Å². The van der Waals surface area contributed by atoms with Crippen LogP contribution in [0.5, 0.6) is 0 Å². The van der Waals surface area contributed by atoms with E-state index in [1.54, 1.807) is 0 Å². The summed E-state index contributed by atoms with van der Waals surface area (Å²) in [4.78, 5) is 8.75. The molecule has 21 heavy (non-hydrogen) atoms. The van der Waals surface area contributed by atoms with Gasteiger partial charge in [0, 0.05) is 24.5 Å². The van der Waals surface area contributed by atoms with Crippen LogP contribution < -0.4 is 10.6 Å². The lowest BCUT2D eigenvalue weighted by atomic mass is 9.95. The minimum absolute atomic E-state index is 0.534. The molecule has 1 fully saturated rings. The molecule has 1 saturated carbocycles. The topological polar surface area (TPSA) is 49.3 Å². The van der Waals surface area contributed by atoms with Crippen molar-refractivity contribution < 1.29 is 0 Å². The second-order valence-electron chi connectivity index (χ2n) is 5.56. The van der Waals surface area contributed by atoms with Crippen LogP contribution in [0.2, 0.25) is 0 Å². The summed E-state index contributed by atoms with van der Waals surface area (Å²) in [6, 6.07) is 4.59. The highest BCUT2D eigenvalue weighted by Gasteiger charge is 2.21. The average molecular weight is 306 g/mol. The number of guanidine groups is 1. The highest BCUT2D eigenvalue weighted by Crippen LogP contribution is 2.26. The summed E-state index contributed by atoms with van der Waals surface area (Å²) in [7, 11) is 1.83. The lowest BCUT2D eigenvalue weighted by molar-refractivity contribution is 0.419. The van der Waals surface area contributed by atoms with Gasteiger partial charge in [-0.25, -0.2) is 0 Å². The third-order valence-electron chi connectivity index (χ3n) is 4.07. The monoisotopic (exact) mass is 306 g/mol. The Morgan fingerprint density at radius 1 is 1.48 bits per heavy atom. The molecule has 2 atom stereocenters. The Hall–Kier alpha value is -1.23. The zero-order valence-corrected chi connectivity index (χ0v) is 14.0. The zero-order chi connectivity index (χ0) is 15.1. The number of aromatic nitrogens is 1. The molecule has 116 valence electrons. The molecule has 2 unspecified atom stereocenters. The molecule has 0 amide bonds. The van der Waals surface area contributed by atoms with Crippen LogP contribution in [0.3, 0.4) is 0 Å². The number of nitrogens with zero attached hydrogens (tertiary/aromatic N) is 2. The third kappa shape index (κ3) is 4.92. The van der Waals surface area contributed by atoms with Crippen molar-refractivity contribution in [1.82, 2.24) is 15.6 Å². The summed E-state index contributed by atoms with van der Waals surface area (Å²) in [6.07, 6.45) is 9.16. The highest BCUT2D eigenvalue weighted by molar-refractivity contribution is 7.99. The van der Waals surface area contributed by atoms with Gasteiger partial charge in [-0.05, 0) is 44.1 Å². The number of aryl methyl sites for hydroxylation is 1. The number of pyridine rings is 1. The van der Waals surface area contributed by atoms with E-state index in [-0.39, 0.29) is 0 Å². The largest absolute Gasteiger partial charge is 0.354 e. The zero-order valence-electron chi connectivity index (χ0n) is 13.2. The summed E-state index contributed by atoms with van der Waals surface area (Å²) in [5.74, 6) is 0.881. The molecule has 0 aromatic carbocycles. The van der Waals surface area contributed by atoms with Gasteiger partial charge < -0.3 is 10.6 Å². The van der Waals surface area contributed by atoms with Crippen molar-refractivity contribution in [3.8, 4) is 0 Å². The van der Waals surface area contributed by atoms with E-state index in [0.29, 0.717) is 12.6 Å². The molecule has 1 aliphatic rings. The maximum atomic E-state index is 4.41. The molecule has 5 heteroatoms. The number of aliphatic imine (C=N–C) groups is 1. The molecule has 1 heterocycles. The van der Waals surface area contributed by atoms with Crippen LogP contribution in [-0.4, -0.2) is 35.5 Å². The van der Waals surface area contributed by atoms with Crippen molar-refractivity contribution >= 4 is 17.7 Å². The van der Waals surface area contributed by atoms with E-state index in [1.165, 1.54) is 31.2 Å². The molecule has 4 nitrogen and oxygen atoms in total. The smallest absolute Gasteiger partial charge is 0.191 e. The number of thioether (sulfide) groups is 1. The molecule has 0 spiro atoms. The second-order valence-corrected chi connectivity index (χ2v) is 6.70. The minimum Gasteiger partial charge on any atom is -0.354 e. The van der Waals surface area contributed by atoms with Gasteiger partial charge in [-0.2, -0.15) is 11.8 Å². The quantitative estimate of drug-likeness (QED) is 0.663. The summed E-state index contributed by atoms with van der Waals surface area (Å²) < 4.78 is 0. The molecule has 0 saturated heterocycles. The number of hydrogen-bond donors (Lipinski definition) is 2. The Kier molecular flexibility index (Phi) is 6.36. The van der Waals surface area contributed by atoms with Gasteiger partial charge in [-0.3, -0.25) is 9.98 Å². The van der Waals surface area contributed by atoms with E-state index in [9.17, 15) is 0 Å². The first kappa shape index (κ1) is 16.1. The lowest BCUT2D eigenvalue weighted by Gasteiger charge is -2.29. The molecule has 1 aromatic heterocycles. The summed E-state index contributed by atoms with van der Waals surface area (Å²) in [5, 5.41) is 7.72. The van der Waals surface area contributed by atoms with Crippen LogP contribution in [0, 0.1) is 6.92 Å². The molecular formula is C16H26N4S. The van der Waals surface area contributed by atoms with Crippen LogP contribution in [0.25, 0.3) is 0 Å². The molecule has 0 radical (unpaired) electrons. The minimum atomic E-state index is 0.534. The molecule has 2 N–H and O–H groups in total. The summed E-state index contributed by atoms with van der Waals surface area (Å²) in [5.41, 5.74) is 2.28. The Morgan fingerprint density at radius 2 is 2.33 bits per heavy atom. The fourth-order valence-electron chi connectivity index (χ4n) is 2.75. The van der Waals surface area contributed by atoms with Gasteiger partial charge in [0.15, 0.2) is 5.96 Å². The Morgan fingerprint density at radius 3 is 3.05 bits per heavy atom. The standard InChI is InChI=1S/C16H26N4S/c1-12-6-5-9-18-15(12)11-19-16(17-2)20-13-7-4-8-14(10-13)21-3/h5-6,9,13-14H,4,7-8,10-11H2,1-3H3,(H2,17,19,20). The van der Waals surface area contributed by atoms with Crippen LogP contribution in [-0.2, 0) is 6.54 Å². The summed E-state index contributed by atoms with van der Waals surface area (Å²) in [6.45, 7) is 2.80. The average Bonchev–Trinajstić information content (AvgIpc) is 2.53. The van der Waals surface area contributed by atoms with Crippen LogP contribution >= 0.6 is 11.8 Å². The van der Waals surface area contributed by atoms with Gasteiger partial charge >= 0.3 is 0 Å². The van der Waals surface area contributed by atoms with Gasteiger partial charge in [0.05, 0.1) is 12.2 Å². The van der Waals surface area contributed by atoms with Gasteiger partial charge in [0.2, 0.25) is 0 Å². The molecule has 0 bridgehead atoms. The van der Waals surface area contributed by atoms with Crippen molar-refractivity contribution in [2.45, 2.75) is 50.4 Å². The Balaban J connectivity index is 1.85. The molecule has 0 aliphatic heterocycles. The fourth-order valence-corrected chi connectivity index (χ4v) is 3.58. The van der Waals surface area contributed by atoms with E-state index in [1.807, 2.05) is 31.1 Å². The molecule has 2 rings (SSSR count). The predicted molar refractivity (Wildman–Crippen MR) is 91.9 cm³/mol. The third-order valence-corrected chi connectivity index (χ3v) is 5.16.